The van der Waals surface area contributed by atoms with Gasteiger partial charge < -0.3 is 24.8 Å². The van der Waals surface area contributed by atoms with Crippen molar-refractivity contribution >= 4 is 0 Å². The van der Waals surface area contributed by atoms with Crippen LogP contribution in [-0.4, -0.2) is 0 Å². The Kier molecular flexibility index (Phi) is 215. The van der Waals surface area contributed by atoms with Crippen LogP contribution in [0.15, 0.2) is 0 Å². The van der Waals surface area contributed by atoms with Gasteiger partial charge in [0.1, 0.15) is 0 Å². The van der Waals surface area contributed by atoms with Crippen molar-refractivity contribution in [1.29, 1.82) is 0 Å². The normalized spacial score (nSPS) is 0. The molecule has 0 aliphatic rings. The molecule has 4 heavy (non-hydrogen) atoms. The third kappa shape index (κ3) is 9.16. The van der Waals surface area contributed by atoms with Gasteiger partial charge in [0.15, 0.2) is 0 Å². The molecule has 0 aliphatic carbocycles. The van der Waals surface area contributed by atoms with Crippen molar-refractivity contribution in [2.75, 3.05) is 0 Å². The summed E-state index contributed by atoms with van der Waals surface area (Å²) in [4.78, 5) is 0. The van der Waals surface area contributed by atoms with Crippen LogP contribution in [-0.2, 0) is 39.0 Å². The van der Waals surface area contributed by atoms with Crippen LogP contribution in [0.3, 0.4) is 0 Å². The minimum Gasteiger partial charge on any atom is -1.00 e. The monoisotopic (exact) mass is 198 g/mol. The first kappa shape index (κ1) is 40.7. The van der Waals surface area contributed by atoms with E-state index in [4.69, 9.17) is 0 Å². The Morgan fingerprint density at radius 1 is 0.500 bits per heavy atom. The maximum Gasteiger partial charge on any atom is 2.00 e. The number of rotatable bonds is 0. The van der Waals surface area contributed by atoms with Crippen LogP contribution in [0.2, 0.25) is 0 Å². The molecule has 0 aliphatic heterocycles. The van der Waals surface area contributed by atoms with Crippen molar-refractivity contribution in [3.63, 3.8) is 0 Å². The van der Waals surface area contributed by atoms with Crippen LogP contribution >= 0.6 is 0 Å². The first-order valence-corrected chi connectivity index (χ1v) is 0. The fourth-order valence-corrected chi connectivity index (χ4v) is 0. The van der Waals surface area contributed by atoms with E-state index in [2.05, 4.69) is 0 Å². The molecular weight excluding hydrogens is 202 g/mol. The molecule has 0 aromatic heterocycles. The average Bonchev–Trinajstić information content (AvgIpc) is 0. The van der Waals surface area contributed by atoms with Gasteiger partial charge in [-0.05, 0) is 0 Å². The van der Waals surface area contributed by atoms with Crippen LogP contribution in [0.4, 0.5) is 0 Å². The van der Waals surface area contributed by atoms with Gasteiger partial charge in [0.25, 0.3) is 0 Å². The van der Waals surface area contributed by atoms with E-state index < -0.39 is 0 Å². The van der Waals surface area contributed by atoms with E-state index >= 15 is 0 Å². The summed E-state index contributed by atoms with van der Waals surface area (Å²) in [6.07, 6.45) is 0. The standard InChI is InChI=1S/2ClH.2Zn/h2*1H;;/q;;2*+2/p-2. The van der Waals surface area contributed by atoms with Gasteiger partial charge in [-0.2, -0.15) is 0 Å². The topological polar surface area (TPSA) is 0 Å². The van der Waals surface area contributed by atoms with Gasteiger partial charge in [0.05, 0.1) is 0 Å². The summed E-state index contributed by atoms with van der Waals surface area (Å²) < 4.78 is 0. The maximum atomic E-state index is 0. The smallest absolute Gasteiger partial charge is 1.00 e. The van der Waals surface area contributed by atoms with E-state index in [0.717, 1.165) is 0 Å². The third-order valence-corrected chi connectivity index (χ3v) is 0. The molecule has 0 heterocycles. The molecule has 16 valence electrons. The Morgan fingerprint density at radius 2 is 0.500 bits per heavy atom. The second-order valence-electron chi connectivity index (χ2n) is 0. The number of hydrogen-bond donors (Lipinski definition) is 0. The molecule has 0 amide bonds. The molecule has 0 aromatic carbocycles. The molecule has 0 rings (SSSR count). The zero-order chi connectivity index (χ0) is 0. The Hall–Kier alpha value is 1.83. The van der Waals surface area contributed by atoms with Crippen LogP contribution < -0.4 is 24.8 Å². The largest absolute Gasteiger partial charge is 2.00 e. The van der Waals surface area contributed by atoms with E-state index in [1.807, 2.05) is 0 Å². The predicted octanol–water partition coefficient (Wildman–Crippen LogP) is -6.00. The third-order valence-electron chi connectivity index (χ3n) is 0. The first-order valence-electron chi connectivity index (χ1n) is 0. The van der Waals surface area contributed by atoms with E-state index in [1.54, 1.807) is 0 Å². The molecule has 0 bridgehead atoms. The zero-order valence-corrected chi connectivity index (χ0v) is 9.62. The quantitative estimate of drug-likeness (QED) is 0.343. The molecule has 0 unspecified atom stereocenters. The summed E-state index contributed by atoms with van der Waals surface area (Å²) >= 11 is 0. The predicted molar refractivity (Wildman–Crippen MR) is 0 cm³/mol. The summed E-state index contributed by atoms with van der Waals surface area (Å²) in [6, 6.07) is 0. The van der Waals surface area contributed by atoms with Crippen molar-refractivity contribution in [3.05, 3.63) is 0 Å². The van der Waals surface area contributed by atoms with E-state index in [-0.39, 0.29) is 63.8 Å². The summed E-state index contributed by atoms with van der Waals surface area (Å²) in [7, 11) is 0. The van der Waals surface area contributed by atoms with Crippen LogP contribution in [0.5, 0.6) is 0 Å². The maximum absolute atomic E-state index is 0. The minimum absolute atomic E-state index is 0. The zero-order valence-electron chi connectivity index (χ0n) is 2.17. The molecule has 0 aromatic rings. The number of halogens is 2. The summed E-state index contributed by atoms with van der Waals surface area (Å²) in [5.41, 5.74) is 0. The molecule has 0 fully saturated rings. The Morgan fingerprint density at radius 3 is 0.500 bits per heavy atom. The number of hydrogen-bond acceptors (Lipinski definition) is 0. The Bertz CT molecular complexity index is 4.00. The van der Waals surface area contributed by atoms with Crippen molar-refractivity contribution < 1.29 is 63.8 Å². The molecule has 0 spiro atoms. The van der Waals surface area contributed by atoms with E-state index in [1.165, 1.54) is 0 Å². The van der Waals surface area contributed by atoms with Gasteiger partial charge in [-0.25, -0.2) is 0 Å². The molecule has 4 heteroatoms. The minimum atomic E-state index is 0. The van der Waals surface area contributed by atoms with Crippen molar-refractivity contribution in [2.24, 2.45) is 0 Å². The molecule has 0 saturated heterocycles. The van der Waals surface area contributed by atoms with Gasteiger partial charge in [-0.1, -0.05) is 0 Å². The van der Waals surface area contributed by atoms with Crippen molar-refractivity contribution in [2.45, 2.75) is 0 Å². The molecule has 0 N–H and O–H groups in total. The van der Waals surface area contributed by atoms with Crippen LogP contribution in [0.1, 0.15) is 0 Å². The van der Waals surface area contributed by atoms with E-state index in [0.29, 0.717) is 0 Å². The van der Waals surface area contributed by atoms with Crippen molar-refractivity contribution in [1.82, 2.24) is 0 Å². The van der Waals surface area contributed by atoms with Gasteiger partial charge in [-0.15, -0.1) is 0 Å². The van der Waals surface area contributed by atoms with Gasteiger partial charge in [0, 0.05) is 0 Å². The molecule has 0 saturated carbocycles. The summed E-state index contributed by atoms with van der Waals surface area (Å²) in [5.74, 6) is 0. The van der Waals surface area contributed by atoms with Gasteiger partial charge >= 0.3 is 39.0 Å². The summed E-state index contributed by atoms with van der Waals surface area (Å²) in [6.45, 7) is 0. The average molecular weight is 202 g/mol. The second kappa shape index (κ2) is 21.2. The fraction of sp³-hybridized carbons (Fsp3) is 0. The van der Waals surface area contributed by atoms with Gasteiger partial charge in [-0.3, -0.25) is 0 Å². The fourth-order valence-electron chi connectivity index (χ4n) is 0. The second-order valence-corrected chi connectivity index (χ2v) is 0. The van der Waals surface area contributed by atoms with Gasteiger partial charge in [0.2, 0.25) is 0 Å². The summed E-state index contributed by atoms with van der Waals surface area (Å²) in [5, 5.41) is 0. The van der Waals surface area contributed by atoms with Crippen molar-refractivity contribution in [3.8, 4) is 0 Å². The Balaban J connectivity index is 0. The molecule has 0 atom stereocenters. The van der Waals surface area contributed by atoms with Crippen LogP contribution in [0.25, 0.3) is 0 Å². The molecule has 0 radical (unpaired) electrons. The SMILES string of the molecule is [Cl-].[Cl-].[Zn+2].[Zn+2]. The van der Waals surface area contributed by atoms with E-state index in [9.17, 15) is 0 Å². The molecule has 0 nitrogen and oxygen atoms in total. The van der Waals surface area contributed by atoms with Crippen LogP contribution in [0, 0.1) is 0 Å². The first-order chi connectivity index (χ1) is 0. The Labute approximate surface area is 63.4 Å². The molecular formula is Cl2Zn2+2.